The van der Waals surface area contributed by atoms with E-state index in [0.717, 1.165) is 18.4 Å². The Morgan fingerprint density at radius 2 is 1.85 bits per heavy atom. The minimum absolute atomic E-state index is 0.00623. The number of benzene rings is 3. The summed E-state index contributed by atoms with van der Waals surface area (Å²) in [6.07, 6.45) is 8.06. The van der Waals surface area contributed by atoms with E-state index >= 15 is 4.39 Å². The fourth-order valence-electron chi connectivity index (χ4n) is 5.43. The molecule has 5 aromatic rings. The summed E-state index contributed by atoms with van der Waals surface area (Å²) >= 11 is 0. The van der Waals surface area contributed by atoms with Crippen molar-refractivity contribution in [2.45, 2.75) is 25.4 Å². The molecule has 3 N–H and O–H groups in total. The Labute approximate surface area is 269 Å². The highest BCUT2D eigenvalue weighted by Crippen LogP contribution is 2.41. The monoisotopic (exact) mass is 635 g/mol. The number of fused-ring (bicyclic) bond motifs is 1. The van der Waals surface area contributed by atoms with E-state index < -0.39 is 23.5 Å². The molecule has 47 heavy (non-hydrogen) atoms. The highest BCUT2D eigenvalue weighted by Gasteiger charge is 2.26. The smallest absolute Gasteiger partial charge is 0.293 e. The Kier molecular flexibility index (Phi) is 8.79. The molecule has 240 valence electrons. The van der Waals surface area contributed by atoms with Crippen LogP contribution in [0.4, 0.5) is 21.6 Å². The summed E-state index contributed by atoms with van der Waals surface area (Å²) in [5, 5.41) is 16.2. The van der Waals surface area contributed by atoms with Crippen LogP contribution in [0, 0.1) is 5.82 Å². The number of likely N-dealkylation sites (N-methyl/N-ethyl adjacent to an activating group) is 1. The summed E-state index contributed by atoms with van der Waals surface area (Å²) in [4.78, 5) is 50.0. The molecule has 0 atom stereocenters. The molecule has 1 aliphatic carbocycles. The zero-order chi connectivity index (χ0) is 33.2. The maximum Gasteiger partial charge on any atom is 0.293 e. The molecule has 0 saturated heterocycles. The fourth-order valence-corrected chi connectivity index (χ4v) is 5.43. The molecule has 1 saturated carbocycles. The highest BCUT2D eigenvalue weighted by atomic mass is 19.1. The molecule has 0 aliphatic heterocycles. The lowest BCUT2D eigenvalue weighted by Gasteiger charge is -2.16. The van der Waals surface area contributed by atoms with Crippen molar-refractivity contribution in [1.29, 1.82) is 0 Å². The average molecular weight is 636 g/mol. The Morgan fingerprint density at radius 3 is 2.60 bits per heavy atom. The third-order valence-electron chi connectivity index (χ3n) is 7.93. The van der Waals surface area contributed by atoms with E-state index in [1.807, 2.05) is 19.0 Å². The van der Waals surface area contributed by atoms with Gasteiger partial charge in [0, 0.05) is 48.4 Å². The predicted octanol–water partition coefficient (Wildman–Crippen LogP) is 4.46. The van der Waals surface area contributed by atoms with Gasteiger partial charge in [0.25, 0.3) is 11.1 Å². The van der Waals surface area contributed by atoms with Gasteiger partial charge in [-0.25, -0.2) is 14.4 Å². The van der Waals surface area contributed by atoms with Crippen molar-refractivity contribution in [2.75, 3.05) is 31.3 Å². The zero-order valence-corrected chi connectivity index (χ0v) is 26.2. The van der Waals surface area contributed by atoms with Crippen molar-refractivity contribution in [3.63, 3.8) is 0 Å². The number of rotatable bonds is 10. The van der Waals surface area contributed by atoms with Crippen LogP contribution in [0.1, 0.15) is 29.9 Å². The minimum Gasteiger partial charge on any atom is -0.392 e. The van der Waals surface area contributed by atoms with E-state index in [2.05, 4.69) is 20.6 Å². The zero-order valence-electron chi connectivity index (χ0n) is 26.2. The minimum atomic E-state index is -0.627. The van der Waals surface area contributed by atoms with Crippen LogP contribution in [-0.4, -0.2) is 55.7 Å². The van der Waals surface area contributed by atoms with Crippen LogP contribution in [0.2, 0.25) is 0 Å². The van der Waals surface area contributed by atoms with Gasteiger partial charge in [0.2, 0.25) is 5.91 Å². The van der Waals surface area contributed by atoms with Crippen LogP contribution in [0.15, 0.2) is 88.9 Å². The van der Waals surface area contributed by atoms with Gasteiger partial charge in [0.1, 0.15) is 17.5 Å². The van der Waals surface area contributed by atoms with Gasteiger partial charge >= 0.3 is 0 Å². The molecular weight excluding hydrogens is 601 g/mol. The van der Waals surface area contributed by atoms with Crippen molar-refractivity contribution in [3.8, 4) is 16.9 Å². The van der Waals surface area contributed by atoms with Gasteiger partial charge < -0.3 is 25.2 Å². The molecule has 11 nitrogen and oxygen atoms in total. The summed E-state index contributed by atoms with van der Waals surface area (Å²) in [7, 11) is 5.39. The molecule has 2 aromatic heterocycles. The largest absolute Gasteiger partial charge is 0.392 e. The summed E-state index contributed by atoms with van der Waals surface area (Å²) in [6.45, 7) is 0.147. The molecule has 2 heterocycles. The number of aliphatic hydroxyl groups excluding tert-OH is 1. The van der Waals surface area contributed by atoms with Gasteiger partial charge in [0.05, 0.1) is 23.5 Å². The number of aromatic nitrogens is 4. The van der Waals surface area contributed by atoms with E-state index in [9.17, 15) is 19.5 Å². The van der Waals surface area contributed by atoms with Crippen LogP contribution in [0.3, 0.4) is 0 Å². The molecule has 3 aromatic carbocycles. The van der Waals surface area contributed by atoms with Gasteiger partial charge in [-0.05, 0) is 74.8 Å². The van der Waals surface area contributed by atoms with E-state index in [0.29, 0.717) is 46.3 Å². The van der Waals surface area contributed by atoms with Crippen LogP contribution in [0.25, 0.3) is 27.8 Å². The SMILES string of the molecule is CN(C)C/C=C/C(=O)Nc1cccc(Nc2nc(-c3cccc(-n4cnc5cc(C6CC6)cc(F)c5c4=O)c3CO)cn(C)c2=O)c1. The number of aryl methyl sites for hydroxylation is 1. The van der Waals surface area contributed by atoms with Gasteiger partial charge in [-0.3, -0.25) is 19.0 Å². The fraction of sp³-hybridized carbons (Fsp3) is 0.229. The number of aliphatic hydroxyl groups is 1. The van der Waals surface area contributed by atoms with E-state index in [4.69, 9.17) is 0 Å². The first kappa shape index (κ1) is 31.5. The van der Waals surface area contributed by atoms with Crippen molar-refractivity contribution in [1.82, 2.24) is 24.0 Å². The van der Waals surface area contributed by atoms with Crippen molar-refractivity contribution >= 4 is 34.0 Å². The molecule has 1 fully saturated rings. The Hall–Kier alpha value is -5.46. The topological polar surface area (TPSA) is 134 Å². The van der Waals surface area contributed by atoms with Crippen molar-refractivity contribution < 1.29 is 14.3 Å². The number of carbonyl (C=O) groups excluding carboxylic acids is 1. The second-order valence-corrected chi connectivity index (χ2v) is 11.8. The van der Waals surface area contributed by atoms with Crippen molar-refractivity contribution in [3.05, 3.63) is 117 Å². The van der Waals surface area contributed by atoms with E-state index in [-0.39, 0.29) is 22.6 Å². The molecule has 0 spiro atoms. The summed E-state index contributed by atoms with van der Waals surface area (Å²) in [6, 6.07) is 15.1. The molecule has 0 bridgehead atoms. The standard InChI is InChI=1S/C35H34FN7O4/c1-41(2)14-6-11-31(45)38-23-7-4-8-24(17-23)39-33-35(47)42(3)18-29(40-33)25-9-5-10-30(26(25)19-44)43-20-37-28-16-22(21-12-13-21)15-27(36)32(28)34(43)46/h4-11,15-18,20-21,44H,12-14,19H2,1-3H3,(H,38,45)(H,39,40)/b11-6+. The molecular formula is C35H34FN7O4. The molecule has 1 aliphatic rings. The third kappa shape index (κ3) is 6.74. The van der Waals surface area contributed by atoms with Crippen LogP contribution in [0.5, 0.6) is 0 Å². The second-order valence-electron chi connectivity index (χ2n) is 11.8. The van der Waals surface area contributed by atoms with Crippen molar-refractivity contribution in [2.24, 2.45) is 7.05 Å². The second kappa shape index (κ2) is 13.1. The number of carbonyl (C=O) groups is 1. The number of halogens is 1. The lowest BCUT2D eigenvalue weighted by molar-refractivity contribution is -0.111. The number of nitrogens with one attached hydrogen (secondary N) is 2. The Bertz CT molecular complexity index is 2150. The highest BCUT2D eigenvalue weighted by molar-refractivity contribution is 5.99. The molecule has 6 rings (SSSR count). The maximum atomic E-state index is 15.2. The first-order valence-corrected chi connectivity index (χ1v) is 15.1. The summed E-state index contributed by atoms with van der Waals surface area (Å²) in [5.41, 5.74) is 2.61. The van der Waals surface area contributed by atoms with Gasteiger partial charge in [-0.15, -0.1) is 0 Å². The summed E-state index contributed by atoms with van der Waals surface area (Å²) in [5.74, 6) is -0.609. The first-order chi connectivity index (χ1) is 22.6. The van der Waals surface area contributed by atoms with Crippen LogP contribution < -0.4 is 21.8 Å². The molecule has 0 radical (unpaired) electrons. The molecule has 1 amide bonds. The lowest BCUT2D eigenvalue weighted by atomic mass is 10.0. The third-order valence-corrected chi connectivity index (χ3v) is 7.93. The number of anilines is 3. The molecule has 0 unspecified atom stereocenters. The average Bonchev–Trinajstić information content (AvgIpc) is 3.89. The Morgan fingerprint density at radius 1 is 1.09 bits per heavy atom. The van der Waals surface area contributed by atoms with Gasteiger partial charge in [-0.2, -0.15) is 0 Å². The lowest BCUT2D eigenvalue weighted by Crippen LogP contribution is -2.23. The normalized spacial score (nSPS) is 13.1. The number of hydrogen-bond acceptors (Lipinski definition) is 8. The summed E-state index contributed by atoms with van der Waals surface area (Å²) < 4.78 is 17.8. The van der Waals surface area contributed by atoms with Gasteiger partial charge in [-0.1, -0.05) is 24.3 Å². The number of nitrogens with zero attached hydrogens (tertiary/aromatic N) is 5. The van der Waals surface area contributed by atoms with E-state index in [1.54, 1.807) is 61.7 Å². The Balaban J connectivity index is 1.34. The van der Waals surface area contributed by atoms with Gasteiger partial charge in [0.15, 0.2) is 5.82 Å². The number of hydrogen-bond donors (Lipinski definition) is 3. The maximum absolute atomic E-state index is 15.2. The number of amides is 1. The quantitative estimate of drug-likeness (QED) is 0.192. The van der Waals surface area contributed by atoms with E-state index in [1.165, 1.54) is 33.8 Å². The van der Waals surface area contributed by atoms with Crippen LogP contribution in [-0.2, 0) is 18.4 Å². The first-order valence-electron chi connectivity index (χ1n) is 15.1. The molecule has 12 heteroatoms. The van der Waals surface area contributed by atoms with Crippen LogP contribution >= 0.6 is 0 Å². The predicted molar refractivity (Wildman–Crippen MR) is 180 cm³/mol.